The highest BCUT2D eigenvalue weighted by molar-refractivity contribution is 5.91. The maximum Gasteiger partial charge on any atom is 0.303 e. The summed E-state index contributed by atoms with van der Waals surface area (Å²) in [6, 6.07) is 7.51. The van der Waals surface area contributed by atoms with Crippen LogP contribution in [0, 0.1) is 0 Å². The second kappa shape index (κ2) is 5.85. The molecule has 0 unspecified atom stereocenters. The number of aryl methyl sites for hydroxylation is 1. The van der Waals surface area contributed by atoms with Crippen LogP contribution in [-0.2, 0) is 16.0 Å². The van der Waals surface area contributed by atoms with Gasteiger partial charge in [0, 0.05) is 6.42 Å². The molecule has 0 aliphatic heterocycles. The molecule has 1 N–H and O–H groups in total. The zero-order chi connectivity index (χ0) is 12.0. The van der Waals surface area contributed by atoms with Crippen molar-refractivity contribution in [1.82, 2.24) is 0 Å². The van der Waals surface area contributed by atoms with Crippen LogP contribution in [0.1, 0.15) is 24.5 Å². The van der Waals surface area contributed by atoms with Gasteiger partial charge in [-0.1, -0.05) is 30.3 Å². The Hall–Kier alpha value is -1.90. The summed E-state index contributed by atoms with van der Waals surface area (Å²) in [6.45, 7) is 1.49. The molecular formula is C13H14O3. The van der Waals surface area contributed by atoms with Crippen molar-refractivity contribution in [3.05, 3.63) is 41.5 Å². The lowest BCUT2D eigenvalue weighted by molar-refractivity contribution is -0.137. The summed E-state index contributed by atoms with van der Waals surface area (Å²) in [7, 11) is 0. The highest BCUT2D eigenvalue weighted by atomic mass is 16.4. The minimum Gasteiger partial charge on any atom is -0.481 e. The largest absolute Gasteiger partial charge is 0.481 e. The summed E-state index contributed by atoms with van der Waals surface area (Å²) < 4.78 is 0. The monoisotopic (exact) mass is 218 g/mol. The third kappa shape index (κ3) is 4.55. The van der Waals surface area contributed by atoms with Gasteiger partial charge in [-0.25, -0.2) is 0 Å². The summed E-state index contributed by atoms with van der Waals surface area (Å²) in [5.41, 5.74) is 1.88. The summed E-state index contributed by atoms with van der Waals surface area (Å²) in [4.78, 5) is 21.2. The van der Waals surface area contributed by atoms with Gasteiger partial charge in [0.05, 0.1) is 0 Å². The van der Waals surface area contributed by atoms with Gasteiger partial charge < -0.3 is 5.11 Å². The Bertz CT molecular complexity index is 419. The van der Waals surface area contributed by atoms with Crippen molar-refractivity contribution >= 4 is 17.8 Å². The molecule has 0 heterocycles. The Labute approximate surface area is 94.4 Å². The average molecular weight is 218 g/mol. The van der Waals surface area contributed by atoms with E-state index in [-0.39, 0.29) is 12.2 Å². The van der Waals surface area contributed by atoms with Crippen LogP contribution in [0.15, 0.2) is 30.3 Å². The van der Waals surface area contributed by atoms with Gasteiger partial charge in [-0.15, -0.1) is 0 Å². The molecule has 1 aromatic rings. The molecule has 0 aliphatic rings. The molecule has 0 amide bonds. The van der Waals surface area contributed by atoms with E-state index in [1.807, 2.05) is 24.3 Å². The molecule has 1 aromatic carbocycles. The van der Waals surface area contributed by atoms with Crippen molar-refractivity contribution < 1.29 is 14.7 Å². The highest BCUT2D eigenvalue weighted by Gasteiger charge is 1.99. The topological polar surface area (TPSA) is 54.4 Å². The van der Waals surface area contributed by atoms with E-state index in [0.717, 1.165) is 11.1 Å². The van der Waals surface area contributed by atoms with E-state index < -0.39 is 5.97 Å². The van der Waals surface area contributed by atoms with Crippen molar-refractivity contribution in [2.75, 3.05) is 0 Å². The molecule has 16 heavy (non-hydrogen) atoms. The number of hydrogen-bond acceptors (Lipinski definition) is 2. The summed E-state index contributed by atoms with van der Waals surface area (Å²) in [6.07, 6.45) is 3.86. The summed E-state index contributed by atoms with van der Waals surface area (Å²) in [5, 5.41) is 8.56. The molecule has 0 aliphatic carbocycles. The van der Waals surface area contributed by atoms with Crippen LogP contribution in [0.2, 0.25) is 0 Å². The van der Waals surface area contributed by atoms with Crippen molar-refractivity contribution in [1.29, 1.82) is 0 Å². The lowest BCUT2D eigenvalue weighted by Gasteiger charge is -2.00. The number of aliphatic carboxylic acids is 1. The first kappa shape index (κ1) is 12.2. The number of allylic oxidation sites excluding steroid dienone is 1. The van der Waals surface area contributed by atoms with Crippen LogP contribution in [0.4, 0.5) is 0 Å². The normalized spacial score (nSPS) is 10.6. The molecule has 84 valence electrons. The van der Waals surface area contributed by atoms with Gasteiger partial charge in [-0.3, -0.25) is 9.59 Å². The number of carboxylic acids is 1. The average Bonchev–Trinajstić information content (AvgIpc) is 2.24. The Kier molecular flexibility index (Phi) is 4.45. The van der Waals surface area contributed by atoms with Gasteiger partial charge in [0.1, 0.15) is 0 Å². The Morgan fingerprint density at radius 3 is 2.75 bits per heavy atom. The molecule has 0 bridgehead atoms. The fourth-order valence-corrected chi connectivity index (χ4v) is 1.32. The molecule has 0 atom stereocenters. The molecule has 0 fully saturated rings. The second-order valence-corrected chi connectivity index (χ2v) is 3.58. The number of carbonyl (C=O) groups excluding carboxylic acids is 1. The zero-order valence-corrected chi connectivity index (χ0v) is 9.14. The van der Waals surface area contributed by atoms with E-state index in [0.29, 0.717) is 6.42 Å². The molecule has 3 nitrogen and oxygen atoms in total. The van der Waals surface area contributed by atoms with Crippen LogP contribution in [-0.4, -0.2) is 16.9 Å². The SMILES string of the molecule is CC(=O)C=Cc1cccc(CCC(=O)O)c1. The highest BCUT2D eigenvalue weighted by Crippen LogP contribution is 2.09. The minimum absolute atomic E-state index is 0.00376. The molecule has 3 heteroatoms. The number of rotatable bonds is 5. The number of ketones is 1. The maximum atomic E-state index is 10.8. The van der Waals surface area contributed by atoms with Crippen molar-refractivity contribution in [2.24, 2.45) is 0 Å². The second-order valence-electron chi connectivity index (χ2n) is 3.58. The summed E-state index contributed by atoms with van der Waals surface area (Å²) in [5.74, 6) is -0.805. The van der Waals surface area contributed by atoms with E-state index >= 15 is 0 Å². The van der Waals surface area contributed by atoms with E-state index in [4.69, 9.17) is 5.11 Å². The van der Waals surface area contributed by atoms with Crippen molar-refractivity contribution in [3.63, 3.8) is 0 Å². The maximum absolute atomic E-state index is 10.8. The number of carbonyl (C=O) groups is 2. The van der Waals surface area contributed by atoms with Crippen LogP contribution in [0.3, 0.4) is 0 Å². The Morgan fingerprint density at radius 2 is 2.12 bits per heavy atom. The lowest BCUT2D eigenvalue weighted by Crippen LogP contribution is -1.97. The first-order chi connectivity index (χ1) is 7.58. The van der Waals surface area contributed by atoms with E-state index in [2.05, 4.69) is 0 Å². The first-order valence-corrected chi connectivity index (χ1v) is 5.07. The molecule has 0 radical (unpaired) electrons. The number of benzene rings is 1. The van der Waals surface area contributed by atoms with Gasteiger partial charge in [-0.2, -0.15) is 0 Å². The third-order valence-corrected chi connectivity index (χ3v) is 2.09. The number of hydrogen-bond donors (Lipinski definition) is 1. The fourth-order valence-electron chi connectivity index (χ4n) is 1.32. The molecule has 0 saturated heterocycles. The quantitative estimate of drug-likeness (QED) is 0.771. The van der Waals surface area contributed by atoms with Crippen LogP contribution < -0.4 is 0 Å². The van der Waals surface area contributed by atoms with Gasteiger partial charge >= 0.3 is 5.97 Å². The fraction of sp³-hybridized carbons (Fsp3) is 0.231. The van der Waals surface area contributed by atoms with Gasteiger partial charge in [0.2, 0.25) is 0 Å². The number of carboxylic acid groups (broad SMARTS) is 1. The molecule has 0 spiro atoms. The minimum atomic E-state index is -0.801. The smallest absolute Gasteiger partial charge is 0.303 e. The van der Waals surface area contributed by atoms with Crippen LogP contribution in [0.5, 0.6) is 0 Å². The van der Waals surface area contributed by atoms with Crippen molar-refractivity contribution in [3.8, 4) is 0 Å². The molecule has 0 aromatic heterocycles. The molecular weight excluding hydrogens is 204 g/mol. The van der Waals surface area contributed by atoms with Gasteiger partial charge in [-0.05, 0) is 30.5 Å². The summed E-state index contributed by atoms with van der Waals surface area (Å²) >= 11 is 0. The predicted octanol–water partition coefficient (Wildman–Crippen LogP) is 2.31. The first-order valence-electron chi connectivity index (χ1n) is 5.07. The van der Waals surface area contributed by atoms with Gasteiger partial charge in [0.15, 0.2) is 5.78 Å². The van der Waals surface area contributed by atoms with E-state index in [9.17, 15) is 9.59 Å². The Balaban J connectivity index is 2.71. The van der Waals surface area contributed by atoms with Crippen LogP contribution in [0.25, 0.3) is 6.08 Å². The van der Waals surface area contributed by atoms with E-state index in [1.54, 1.807) is 6.08 Å². The van der Waals surface area contributed by atoms with Crippen molar-refractivity contribution in [2.45, 2.75) is 19.8 Å². The lowest BCUT2D eigenvalue weighted by atomic mass is 10.1. The molecule has 0 saturated carbocycles. The predicted molar refractivity (Wildman–Crippen MR) is 62.1 cm³/mol. The van der Waals surface area contributed by atoms with E-state index in [1.165, 1.54) is 13.0 Å². The standard InChI is InChI=1S/C13H14O3/c1-10(14)5-6-11-3-2-4-12(9-11)7-8-13(15)16/h2-6,9H,7-8H2,1H3,(H,15,16). The third-order valence-electron chi connectivity index (χ3n) is 2.09. The molecule has 1 rings (SSSR count). The van der Waals surface area contributed by atoms with Gasteiger partial charge in [0.25, 0.3) is 0 Å². The zero-order valence-electron chi connectivity index (χ0n) is 9.14. The Morgan fingerprint density at radius 1 is 1.38 bits per heavy atom. The van der Waals surface area contributed by atoms with Crippen LogP contribution >= 0.6 is 0 Å².